The van der Waals surface area contributed by atoms with Crippen LogP contribution in [0, 0.1) is 12.8 Å². The number of ketones is 1. The van der Waals surface area contributed by atoms with Crippen LogP contribution in [0.4, 0.5) is 13.2 Å². The molecular formula is C20H26F3N3O2WY-2. The summed E-state index contributed by atoms with van der Waals surface area (Å²) in [6, 6.07) is 2.35. The molecule has 1 N–H and O–H groups in total. The Bertz CT molecular complexity index is 681. The summed E-state index contributed by atoms with van der Waals surface area (Å²) in [5.41, 5.74) is 0.284. The molecule has 0 unspecified atom stereocenters. The Hall–Kier alpha value is -0.268. The van der Waals surface area contributed by atoms with Crippen LogP contribution < -0.4 is 5.32 Å². The molecular weight excluding hydrogens is 644 g/mol. The molecule has 1 aromatic rings. The maximum atomic E-state index is 13.6. The van der Waals surface area contributed by atoms with Gasteiger partial charge in [0.15, 0.2) is 0 Å². The molecule has 1 aliphatic rings. The third-order valence-corrected chi connectivity index (χ3v) is 4.63. The van der Waals surface area contributed by atoms with Crippen molar-refractivity contribution < 1.29 is 76.5 Å². The second kappa shape index (κ2) is 13.3. The Morgan fingerprint density at radius 2 is 1.70 bits per heavy atom. The van der Waals surface area contributed by atoms with E-state index in [-0.39, 0.29) is 77.6 Å². The van der Waals surface area contributed by atoms with E-state index >= 15 is 0 Å². The minimum atomic E-state index is -4.59. The van der Waals surface area contributed by atoms with Gasteiger partial charge >= 0.3 is 6.18 Å². The molecule has 1 aliphatic heterocycles. The maximum Gasteiger partial charge on any atom is 0.407 e. The Labute approximate surface area is 215 Å². The van der Waals surface area contributed by atoms with E-state index in [1.165, 1.54) is 24.3 Å². The van der Waals surface area contributed by atoms with Crippen LogP contribution in [-0.2, 0) is 58.6 Å². The number of rotatable bonds is 7. The molecule has 1 heterocycles. The van der Waals surface area contributed by atoms with Gasteiger partial charge < -0.3 is 21.9 Å². The zero-order valence-electron chi connectivity index (χ0n) is 17.1. The van der Waals surface area contributed by atoms with Gasteiger partial charge in [-0.15, -0.1) is 13.1 Å². The number of carbonyl (C=O) groups excluding carboxylic acids is 2. The third-order valence-electron chi connectivity index (χ3n) is 4.63. The van der Waals surface area contributed by atoms with E-state index < -0.39 is 24.0 Å². The van der Waals surface area contributed by atoms with Crippen molar-refractivity contribution in [3.8, 4) is 0 Å². The van der Waals surface area contributed by atoms with Crippen molar-refractivity contribution in [2.24, 2.45) is 5.92 Å². The number of Topliss-reactive ketones (excluding diaryl/α,β-unsaturated/α-hetero) is 1. The second-order valence-corrected chi connectivity index (χ2v) is 7.37. The van der Waals surface area contributed by atoms with Crippen LogP contribution >= 0.6 is 0 Å². The second-order valence-electron chi connectivity index (χ2n) is 7.37. The number of benzene rings is 1. The van der Waals surface area contributed by atoms with Gasteiger partial charge in [0.2, 0.25) is 0 Å². The topological polar surface area (TPSA) is 63.5 Å². The molecule has 1 fully saturated rings. The molecule has 0 saturated carbocycles. The Morgan fingerprint density at radius 3 is 2.13 bits per heavy atom. The molecule has 0 aliphatic carbocycles. The van der Waals surface area contributed by atoms with Gasteiger partial charge in [0.25, 0.3) is 5.91 Å². The maximum absolute atomic E-state index is 13.6. The van der Waals surface area contributed by atoms with Gasteiger partial charge in [0, 0.05) is 84.3 Å². The number of halogens is 3. The summed E-state index contributed by atoms with van der Waals surface area (Å²) < 4.78 is 40.9. The predicted octanol–water partition coefficient (Wildman–Crippen LogP) is 3.52. The number of amides is 1. The van der Waals surface area contributed by atoms with E-state index in [1.807, 2.05) is 13.8 Å². The number of carbonyl (C=O) groups is 2. The summed E-state index contributed by atoms with van der Waals surface area (Å²) in [7, 11) is 0. The molecule has 1 radical (unpaired) electrons. The molecule has 1 aromatic carbocycles. The van der Waals surface area contributed by atoms with Crippen molar-refractivity contribution in [2.75, 3.05) is 26.2 Å². The Balaban J connectivity index is 0.00000420. The molecule has 1 amide bonds. The molecule has 30 heavy (non-hydrogen) atoms. The first-order valence-corrected chi connectivity index (χ1v) is 9.30. The normalized spacial score (nSPS) is 16.3. The van der Waals surface area contributed by atoms with Crippen molar-refractivity contribution >= 4 is 11.7 Å². The van der Waals surface area contributed by atoms with Crippen molar-refractivity contribution in [3.05, 3.63) is 47.6 Å². The van der Waals surface area contributed by atoms with E-state index in [9.17, 15) is 22.8 Å². The molecule has 10 heteroatoms. The van der Waals surface area contributed by atoms with Crippen LogP contribution in [0.3, 0.4) is 0 Å². The van der Waals surface area contributed by atoms with Gasteiger partial charge in [-0.1, -0.05) is 26.0 Å². The van der Waals surface area contributed by atoms with Crippen LogP contribution in [0.25, 0.3) is 5.32 Å². The number of piperazine rings is 1. The Kier molecular flexibility index (Phi) is 13.2. The standard InChI is InChI=1S/C20H26F3N3O2.W.Y/c1-13(2)12-17(14(3)27)25-18(20(21,22)23)15-4-6-16(7-5-15)19(28)26-10-8-24-9-11-26;;/h4-7,13,17-18,25H,3,8-12H2,1-2H3;;/q-2;;/t17-,18-;;/m0../s1. The number of hydrogen-bond acceptors (Lipinski definition) is 3. The third kappa shape index (κ3) is 8.70. The van der Waals surface area contributed by atoms with E-state index in [0.29, 0.717) is 31.7 Å². The fraction of sp³-hybridized carbons (Fsp3) is 0.550. The van der Waals surface area contributed by atoms with E-state index in [4.69, 9.17) is 0 Å². The first-order chi connectivity index (χ1) is 13.1. The number of alkyl halides is 3. The summed E-state index contributed by atoms with van der Waals surface area (Å²) in [5.74, 6) is -0.762. The van der Waals surface area contributed by atoms with Crippen molar-refractivity contribution in [1.29, 1.82) is 0 Å². The number of nitrogens with zero attached hydrogens (tertiary/aromatic N) is 2. The van der Waals surface area contributed by atoms with Gasteiger partial charge in [-0.3, -0.25) is 10.1 Å². The molecule has 2 atom stereocenters. The summed E-state index contributed by atoms with van der Waals surface area (Å²) in [6.45, 7) is 9.10. The fourth-order valence-electron chi connectivity index (χ4n) is 3.15. The van der Waals surface area contributed by atoms with Crippen LogP contribution in [0.15, 0.2) is 24.3 Å². The monoisotopic (exact) mass is 670 g/mol. The van der Waals surface area contributed by atoms with Crippen LogP contribution in [0.2, 0.25) is 0 Å². The largest absolute Gasteiger partial charge is 0.659 e. The first-order valence-electron chi connectivity index (χ1n) is 9.30. The Morgan fingerprint density at radius 1 is 1.17 bits per heavy atom. The van der Waals surface area contributed by atoms with Gasteiger partial charge in [0.05, 0.1) is 0 Å². The van der Waals surface area contributed by atoms with Gasteiger partial charge in [0.1, 0.15) is 6.04 Å². The number of hydrogen-bond donors (Lipinski definition) is 1. The summed E-state index contributed by atoms with van der Waals surface area (Å²) in [6.07, 6.45) is -4.34. The zero-order chi connectivity index (χ0) is 20.9. The minimum absolute atomic E-state index is 0. The molecule has 1 saturated heterocycles. The van der Waals surface area contributed by atoms with Crippen LogP contribution in [0.1, 0.15) is 42.2 Å². The average molecular weight is 670 g/mol. The van der Waals surface area contributed by atoms with Crippen molar-refractivity contribution in [2.45, 2.75) is 38.5 Å². The summed E-state index contributed by atoms with van der Waals surface area (Å²) in [5, 5.41) is 6.58. The summed E-state index contributed by atoms with van der Waals surface area (Å²) in [4.78, 5) is 25.8. The van der Waals surface area contributed by atoms with Crippen molar-refractivity contribution in [3.63, 3.8) is 0 Å². The van der Waals surface area contributed by atoms with Gasteiger partial charge in [-0.25, -0.2) is 0 Å². The van der Waals surface area contributed by atoms with Gasteiger partial charge in [-0.05, 0) is 30.0 Å². The first kappa shape index (κ1) is 29.7. The fourth-order valence-corrected chi connectivity index (χ4v) is 3.15. The molecule has 5 nitrogen and oxygen atoms in total. The molecule has 2 rings (SSSR count). The molecule has 165 valence electrons. The molecule has 0 bridgehead atoms. The SMILES string of the molecule is [CH2-]C(=O)[C@H](CC(C)C)N[C@@H](c1ccc(C(=O)N2CC[N-]CC2)cc1)C(F)(F)F.[W].[Y]. The molecule has 0 spiro atoms. The zero-order valence-corrected chi connectivity index (χ0v) is 22.9. The van der Waals surface area contributed by atoms with Crippen LogP contribution in [-0.4, -0.2) is 55.0 Å². The van der Waals surface area contributed by atoms with E-state index in [1.54, 1.807) is 4.90 Å². The van der Waals surface area contributed by atoms with E-state index in [0.717, 1.165) is 0 Å². The molecule has 0 aromatic heterocycles. The minimum Gasteiger partial charge on any atom is -0.659 e. The van der Waals surface area contributed by atoms with Crippen LogP contribution in [0.5, 0.6) is 0 Å². The number of nitrogens with one attached hydrogen (secondary N) is 1. The van der Waals surface area contributed by atoms with Gasteiger partial charge in [-0.2, -0.15) is 13.2 Å². The quantitative estimate of drug-likeness (QED) is 0.453. The summed E-state index contributed by atoms with van der Waals surface area (Å²) >= 11 is 0. The predicted molar refractivity (Wildman–Crippen MR) is 101 cm³/mol. The van der Waals surface area contributed by atoms with Crippen molar-refractivity contribution in [1.82, 2.24) is 10.2 Å². The average Bonchev–Trinajstić information content (AvgIpc) is 2.64. The van der Waals surface area contributed by atoms with E-state index in [2.05, 4.69) is 17.6 Å². The smallest absolute Gasteiger partial charge is 0.407 e.